The van der Waals surface area contributed by atoms with Gasteiger partial charge in [-0.05, 0) is 30.3 Å². The molecular formula is C20H18N8O. The van der Waals surface area contributed by atoms with Gasteiger partial charge in [0.2, 0.25) is 0 Å². The number of nitrogens with one attached hydrogen (secondary N) is 3. The number of pyridine rings is 1. The fourth-order valence-corrected chi connectivity index (χ4v) is 2.67. The van der Waals surface area contributed by atoms with Crippen molar-refractivity contribution < 1.29 is 4.79 Å². The number of hydrogen-bond donors (Lipinski definition) is 3. The monoisotopic (exact) mass is 386 g/mol. The zero-order valence-corrected chi connectivity index (χ0v) is 15.4. The van der Waals surface area contributed by atoms with E-state index in [0.717, 1.165) is 11.3 Å². The molecule has 9 heteroatoms. The molecule has 0 aliphatic carbocycles. The van der Waals surface area contributed by atoms with Gasteiger partial charge in [0.25, 0.3) is 5.91 Å². The summed E-state index contributed by atoms with van der Waals surface area (Å²) in [4.78, 5) is 27.7. The van der Waals surface area contributed by atoms with E-state index >= 15 is 0 Å². The van der Waals surface area contributed by atoms with Crippen LogP contribution >= 0.6 is 0 Å². The minimum Gasteiger partial charge on any atom is -0.378 e. The molecule has 0 saturated carbocycles. The van der Waals surface area contributed by atoms with Gasteiger partial charge in [-0.1, -0.05) is 6.07 Å². The number of H-pyrrole nitrogens is 1. The van der Waals surface area contributed by atoms with Gasteiger partial charge >= 0.3 is 0 Å². The van der Waals surface area contributed by atoms with Crippen molar-refractivity contribution in [3.05, 3.63) is 84.5 Å². The van der Waals surface area contributed by atoms with Crippen molar-refractivity contribution in [3.8, 4) is 11.4 Å². The van der Waals surface area contributed by atoms with Crippen molar-refractivity contribution in [2.24, 2.45) is 0 Å². The molecule has 0 bridgehead atoms. The summed E-state index contributed by atoms with van der Waals surface area (Å²) < 4.78 is 0. The number of carbonyl (C=O) groups is 1. The number of benzene rings is 1. The van der Waals surface area contributed by atoms with Gasteiger partial charge in [0, 0.05) is 41.6 Å². The molecule has 4 rings (SSSR count). The average Bonchev–Trinajstić information content (AvgIpc) is 3.27. The van der Waals surface area contributed by atoms with Crippen LogP contribution < -0.4 is 10.6 Å². The maximum absolute atomic E-state index is 12.4. The van der Waals surface area contributed by atoms with Crippen molar-refractivity contribution in [1.82, 2.24) is 35.5 Å². The summed E-state index contributed by atoms with van der Waals surface area (Å²) in [5.41, 5.74) is 2.97. The molecule has 1 amide bonds. The Labute approximate surface area is 166 Å². The van der Waals surface area contributed by atoms with Crippen LogP contribution in [0.5, 0.6) is 0 Å². The van der Waals surface area contributed by atoms with Gasteiger partial charge in [0.1, 0.15) is 5.82 Å². The Kier molecular flexibility index (Phi) is 5.47. The van der Waals surface area contributed by atoms with E-state index in [4.69, 9.17) is 0 Å². The van der Waals surface area contributed by atoms with E-state index in [2.05, 4.69) is 40.8 Å². The van der Waals surface area contributed by atoms with Gasteiger partial charge < -0.3 is 15.6 Å². The van der Waals surface area contributed by atoms with Gasteiger partial charge in [0.15, 0.2) is 5.82 Å². The molecule has 0 atom stereocenters. The highest BCUT2D eigenvalue weighted by atomic mass is 16.1. The predicted molar refractivity (Wildman–Crippen MR) is 107 cm³/mol. The normalized spacial score (nSPS) is 10.5. The highest BCUT2D eigenvalue weighted by molar-refractivity contribution is 5.95. The largest absolute Gasteiger partial charge is 0.378 e. The number of nitrogens with zero attached hydrogens (tertiary/aromatic N) is 5. The number of carbonyl (C=O) groups excluding carboxylic acids is 1. The fraction of sp³-hybridized carbons (Fsp3) is 0.100. The van der Waals surface area contributed by atoms with Gasteiger partial charge in [-0.15, -0.1) is 10.2 Å². The third kappa shape index (κ3) is 4.78. The second-order valence-corrected chi connectivity index (χ2v) is 6.17. The second kappa shape index (κ2) is 8.70. The Balaban J connectivity index is 1.35. The third-order valence-electron chi connectivity index (χ3n) is 4.12. The molecule has 3 N–H and O–H groups in total. The SMILES string of the molecule is O=C(NCc1cnccn1)c1cccc(NCc2nnc(-c3ccncc3)[nH]2)c1. The number of anilines is 1. The summed E-state index contributed by atoms with van der Waals surface area (Å²) in [6, 6.07) is 11.0. The Hall–Kier alpha value is -4.14. The molecule has 0 fully saturated rings. The number of amides is 1. The van der Waals surface area contributed by atoms with Crippen LogP contribution in [0, 0.1) is 0 Å². The Morgan fingerprint density at radius 1 is 0.966 bits per heavy atom. The minimum atomic E-state index is -0.182. The fourth-order valence-electron chi connectivity index (χ4n) is 2.67. The molecule has 0 radical (unpaired) electrons. The van der Waals surface area contributed by atoms with E-state index in [9.17, 15) is 4.79 Å². The molecule has 1 aromatic carbocycles. The van der Waals surface area contributed by atoms with Crippen LogP contribution in [0.1, 0.15) is 21.9 Å². The first kappa shape index (κ1) is 18.2. The molecule has 0 aliphatic heterocycles. The van der Waals surface area contributed by atoms with E-state index in [0.29, 0.717) is 36.0 Å². The lowest BCUT2D eigenvalue weighted by atomic mass is 10.2. The molecule has 0 spiro atoms. The molecule has 3 aromatic heterocycles. The van der Waals surface area contributed by atoms with Crippen molar-refractivity contribution in [1.29, 1.82) is 0 Å². The number of rotatable bonds is 7. The van der Waals surface area contributed by atoms with E-state index in [1.54, 1.807) is 43.1 Å². The zero-order chi connectivity index (χ0) is 19.9. The maximum atomic E-state index is 12.4. The molecule has 144 valence electrons. The van der Waals surface area contributed by atoms with Gasteiger partial charge in [-0.25, -0.2) is 0 Å². The summed E-state index contributed by atoms with van der Waals surface area (Å²) >= 11 is 0. The topological polar surface area (TPSA) is 121 Å². The molecule has 3 heterocycles. The zero-order valence-electron chi connectivity index (χ0n) is 15.4. The first-order chi connectivity index (χ1) is 14.3. The first-order valence-corrected chi connectivity index (χ1v) is 8.97. The molecule has 29 heavy (non-hydrogen) atoms. The average molecular weight is 386 g/mol. The second-order valence-electron chi connectivity index (χ2n) is 6.17. The number of aromatic nitrogens is 6. The van der Waals surface area contributed by atoms with E-state index < -0.39 is 0 Å². The highest BCUT2D eigenvalue weighted by Gasteiger charge is 2.08. The van der Waals surface area contributed by atoms with Crippen LogP contribution in [-0.4, -0.2) is 36.0 Å². The molecule has 9 nitrogen and oxygen atoms in total. The van der Waals surface area contributed by atoms with Crippen molar-refractivity contribution in [2.75, 3.05) is 5.32 Å². The predicted octanol–water partition coefficient (Wildman–Crippen LogP) is 2.20. The number of aromatic amines is 1. The van der Waals surface area contributed by atoms with E-state index in [1.165, 1.54) is 0 Å². The Bertz CT molecular complexity index is 1080. The highest BCUT2D eigenvalue weighted by Crippen LogP contribution is 2.14. The molecule has 4 aromatic rings. The molecule has 0 aliphatic rings. The first-order valence-electron chi connectivity index (χ1n) is 8.97. The third-order valence-corrected chi connectivity index (χ3v) is 4.12. The standard InChI is InChI=1S/C20H18N8O/c29-20(25-12-17-11-22-8-9-23-17)15-2-1-3-16(10-15)24-13-18-26-19(28-27-18)14-4-6-21-7-5-14/h1-11,24H,12-13H2,(H,25,29)(H,26,27,28). The summed E-state index contributed by atoms with van der Waals surface area (Å²) in [6.45, 7) is 0.767. The molecule has 0 saturated heterocycles. The van der Waals surface area contributed by atoms with Crippen molar-refractivity contribution >= 4 is 11.6 Å². The van der Waals surface area contributed by atoms with Crippen molar-refractivity contribution in [3.63, 3.8) is 0 Å². The smallest absolute Gasteiger partial charge is 0.251 e. The molecule has 0 unspecified atom stereocenters. The summed E-state index contributed by atoms with van der Waals surface area (Å²) in [5.74, 6) is 1.19. The quantitative estimate of drug-likeness (QED) is 0.445. The van der Waals surface area contributed by atoms with Gasteiger partial charge in [-0.2, -0.15) is 0 Å². The van der Waals surface area contributed by atoms with Crippen LogP contribution in [0.15, 0.2) is 67.4 Å². The van der Waals surface area contributed by atoms with E-state index in [1.807, 2.05) is 24.3 Å². The van der Waals surface area contributed by atoms with Crippen LogP contribution in [-0.2, 0) is 13.1 Å². The lowest BCUT2D eigenvalue weighted by molar-refractivity contribution is 0.0950. The van der Waals surface area contributed by atoms with Crippen LogP contribution in [0.2, 0.25) is 0 Å². The Morgan fingerprint density at radius 3 is 2.69 bits per heavy atom. The van der Waals surface area contributed by atoms with E-state index in [-0.39, 0.29) is 5.91 Å². The van der Waals surface area contributed by atoms with Crippen molar-refractivity contribution in [2.45, 2.75) is 13.1 Å². The molecular weight excluding hydrogens is 368 g/mol. The summed E-state index contributed by atoms with van der Waals surface area (Å²) in [6.07, 6.45) is 8.22. The Morgan fingerprint density at radius 2 is 1.86 bits per heavy atom. The maximum Gasteiger partial charge on any atom is 0.251 e. The lowest BCUT2D eigenvalue weighted by Crippen LogP contribution is -2.23. The summed E-state index contributed by atoms with van der Waals surface area (Å²) in [5, 5.41) is 14.4. The summed E-state index contributed by atoms with van der Waals surface area (Å²) in [7, 11) is 0. The van der Waals surface area contributed by atoms with Crippen LogP contribution in [0.25, 0.3) is 11.4 Å². The number of hydrogen-bond acceptors (Lipinski definition) is 7. The van der Waals surface area contributed by atoms with Gasteiger partial charge in [-0.3, -0.25) is 19.7 Å². The van der Waals surface area contributed by atoms with Crippen LogP contribution in [0.4, 0.5) is 5.69 Å². The lowest BCUT2D eigenvalue weighted by Gasteiger charge is -2.08. The van der Waals surface area contributed by atoms with Gasteiger partial charge in [0.05, 0.1) is 25.0 Å². The van der Waals surface area contributed by atoms with Crippen LogP contribution in [0.3, 0.4) is 0 Å². The minimum absolute atomic E-state index is 0.182.